The van der Waals surface area contributed by atoms with E-state index in [1.165, 1.54) is 70.5 Å². The maximum absolute atomic E-state index is 11.1. The Morgan fingerprint density at radius 1 is 0.773 bits per heavy atom. The lowest BCUT2D eigenvalue weighted by Gasteiger charge is -2.02. The standard InChI is InChI=1S/C19H36O3/c1-3-5-7-8-9-10-11-12-13-14-15-16-18-22-19(20)21-17-6-4-2/h16,18H,3-15,17H2,1-2H3/b18-16+. The van der Waals surface area contributed by atoms with Crippen LogP contribution in [0, 0.1) is 0 Å². The van der Waals surface area contributed by atoms with E-state index in [1.807, 2.05) is 6.08 Å². The summed E-state index contributed by atoms with van der Waals surface area (Å²) in [7, 11) is 0. The zero-order chi connectivity index (χ0) is 16.3. The molecule has 0 spiro atoms. The molecule has 0 atom stereocenters. The van der Waals surface area contributed by atoms with Gasteiger partial charge in [0, 0.05) is 0 Å². The lowest BCUT2D eigenvalue weighted by atomic mass is 10.1. The van der Waals surface area contributed by atoms with E-state index in [1.54, 1.807) is 0 Å². The number of hydrogen-bond donors (Lipinski definition) is 0. The van der Waals surface area contributed by atoms with Gasteiger partial charge in [-0.05, 0) is 25.3 Å². The van der Waals surface area contributed by atoms with Gasteiger partial charge in [0.15, 0.2) is 0 Å². The first kappa shape index (κ1) is 21.0. The molecule has 0 aliphatic rings. The first-order valence-corrected chi connectivity index (χ1v) is 9.29. The van der Waals surface area contributed by atoms with Gasteiger partial charge in [-0.2, -0.15) is 0 Å². The second kappa shape index (κ2) is 18.1. The second-order valence-electron chi connectivity index (χ2n) is 5.91. The number of carbonyl (C=O) groups excluding carboxylic acids is 1. The van der Waals surface area contributed by atoms with Crippen molar-refractivity contribution in [3.05, 3.63) is 12.3 Å². The molecule has 0 aliphatic carbocycles. The van der Waals surface area contributed by atoms with Crippen LogP contribution in [-0.2, 0) is 9.47 Å². The number of ether oxygens (including phenoxy) is 2. The third kappa shape index (κ3) is 17.1. The van der Waals surface area contributed by atoms with Crippen molar-refractivity contribution < 1.29 is 14.3 Å². The number of hydrogen-bond acceptors (Lipinski definition) is 3. The summed E-state index contributed by atoms with van der Waals surface area (Å²) in [5.74, 6) is 0. The predicted molar refractivity (Wildman–Crippen MR) is 92.9 cm³/mol. The lowest BCUT2D eigenvalue weighted by molar-refractivity contribution is 0.0834. The molecule has 0 aromatic carbocycles. The summed E-state index contributed by atoms with van der Waals surface area (Å²) in [6, 6.07) is 0. The van der Waals surface area contributed by atoms with Crippen LogP contribution in [0.3, 0.4) is 0 Å². The van der Waals surface area contributed by atoms with Gasteiger partial charge in [-0.1, -0.05) is 78.1 Å². The molecule has 0 saturated carbocycles. The summed E-state index contributed by atoms with van der Waals surface area (Å²) in [4.78, 5) is 11.1. The molecule has 0 radical (unpaired) electrons. The van der Waals surface area contributed by atoms with Gasteiger partial charge in [0.2, 0.25) is 0 Å². The number of unbranched alkanes of at least 4 members (excludes halogenated alkanes) is 11. The molecule has 3 nitrogen and oxygen atoms in total. The molecule has 0 rings (SSSR count). The molecule has 22 heavy (non-hydrogen) atoms. The van der Waals surface area contributed by atoms with E-state index in [4.69, 9.17) is 9.47 Å². The van der Waals surface area contributed by atoms with Gasteiger partial charge in [-0.3, -0.25) is 0 Å². The van der Waals surface area contributed by atoms with Gasteiger partial charge in [-0.25, -0.2) is 4.79 Å². The summed E-state index contributed by atoms with van der Waals surface area (Å²) in [5, 5.41) is 0. The highest BCUT2D eigenvalue weighted by Gasteiger charge is 1.99. The molecule has 0 aromatic heterocycles. The highest BCUT2D eigenvalue weighted by Crippen LogP contribution is 2.11. The van der Waals surface area contributed by atoms with Crippen molar-refractivity contribution >= 4 is 6.16 Å². The molecule has 0 unspecified atom stereocenters. The van der Waals surface area contributed by atoms with E-state index < -0.39 is 6.16 Å². The summed E-state index contributed by atoms with van der Waals surface area (Å²) in [5.41, 5.74) is 0. The Bertz CT molecular complexity index is 261. The van der Waals surface area contributed by atoms with Crippen LogP contribution in [0.5, 0.6) is 0 Å². The summed E-state index contributed by atoms with van der Waals surface area (Å²) in [6.07, 6.45) is 19.1. The highest BCUT2D eigenvalue weighted by atomic mass is 16.7. The smallest absolute Gasteiger partial charge is 0.434 e. The van der Waals surface area contributed by atoms with E-state index in [-0.39, 0.29) is 0 Å². The quantitative estimate of drug-likeness (QED) is 0.190. The van der Waals surface area contributed by atoms with Crippen molar-refractivity contribution in [3.8, 4) is 0 Å². The molecular weight excluding hydrogens is 276 g/mol. The van der Waals surface area contributed by atoms with Gasteiger partial charge < -0.3 is 9.47 Å². The first-order valence-electron chi connectivity index (χ1n) is 9.29. The van der Waals surface area contributed by atoms with Crippen LogP contribution in [0.1, 0.15) is 97.3 Å². The van der Waals surface area contributed by atoms with Crippen LogP contribution in [-0.4, -0.2) is 12.8 Å². The molecule has 0 aromatic rings. The lowest BCUT2D eigenvalue weighted by Crippen LogP contribution is -2.04. The topological polar surface area (TPSA) is 35.5 Å². The minimum Gasteiger partial charge on any atom is -0.434 e. The minimum absolute atomic E-state index is 0.446. The third-order valence-corrected chi connectivity index (χ3v) is 3.70. The fourth-order valence-electron chi connectivity index (χ4n) is 2.26. The van der Waals surface area contributed by atoms with Gasteiger partial charge >= 0.3 is 6.16 Å². The second-order valence-corrected chi connectivity index (χ2v) is 5.91. The Balaban J connectivity index is 3.18. The van der Waals surface area contributed by atoms with Crippen LogP contribution in [0.25, 0.3) is 0 Å². The number of allylic oxidation sites excluding steroid dienone is 1. The van der Waals surface area contributed by atoms with Gasteiger partial charge in [-0.15, -0.1) is 0 Å². The van der Waals surface area contributed by atoms with E-state index in [9.17, 15) is 4.79 Å². The fraction of sp³-hybridized carbons (Fsp3) is 0.842. The van der Waals surface area contributed by atoms with E-state index in [0.717, 1.165) is 19.3 Å². The average molecular weight is 312 g/mol. The van der Waals surface area contributed by atoms with Crippen molar-refractivity contribution in [2.75, 3.05) is 6.61 Å². The average Bonchev–Trinajstić information content (AvgIpc) is 2.52. The monoisotopic (exact) mass is 312 g/mol. The SMILES string of the molecule is CCCCCCCCCCCC/C=C/OC(=O)OCCCC. The van der Waals surface area contributed by atoms with Crippen LogP contribution >= 0.6 is 0 Å². The number of rotatable bonds is 15. The van der Waals surface area contributed by atoms with Crippen molar-refractivity contribution in [1.82, 2.24) is 0 Å². The summed E-state index contributed by atoms with van der Waals surface area (Å²) < 4.78 is 9.72. The first-order chi connectivity index (χ1) is 10.8. The maximum atomic E-state index is 11.1. The molecule has 0 heterocycles. The van der Waals surface area contributed by atoms with Crippen molar-refractivity contribution in [3.63, 3.8) is 0 Å². The molecule has 0 aliphatic heterocycles. The summed E-state index contributed by atoms with van der Waals surface area (Å²) >= 11 is 0. The Hall–Kier alpha value is -0.990. The minimum atomic E-state index is -0.590. The Kier molecular flexibility index (Phi) is 17.2. The molecule has 0 N–H and O–H groups in total. The van der Waals surface area contributed by atoms with Gasteiger partial charge in [0.1, 0.15) is 0 Å². The highest BCUT2D eigenvalue weighted by molar-refractivity contribution is 5.60. The van der Waals surface area contributed by atoms with Crippen LogP contribution in [0.4, 0.5) is 4.79 Å². The van der Waals surface area contributed by atoms with Gasteiger partial charge in [0.05, 0.1) is 12.9 Å². The van der Waals surface area contributed by atoms with Crippen LogP contribution in [0.2, 0.25) is 0 Å². The van der Waals surface area contributed by atoms with Crippen molar-refractivity contribution in [1.29, 1.82) is 0 Å². The van der Waals surface area contributed by atoms with Crippen molar-refractivity contribution in [2.24, 2.45) is 0 Å². The normalized spacial score (nSPS) is 11.0. The Morgan fingerprint density at radius 2 is 1.32 bits per heavy atom. The van der Waals surface area contributed by atoms with Crippen LogP contribution < -0.4 is 0 Å². The Morgan fingerprint density at radius 3 is 1.91 bits per heavy atom. The predicted octanol–water partition coefficient (Wildman–Crippen LogP) is 6.76. The van der Waals surface area contributed by atoms with Gasteiger partial charge in [0.25, 0.3) is 0 Å². The zero-order valence-corrected chi connectivity index (χ0v) is 14.8. The molecule has 0 bridgehead atoms. The zero-order valence-electron chi connectivity index (χ0n) is 14.8. The molecule has 0 fully saturated rings. The maximum Gasteiger partial charge on any atom is 0.513 e. The molecule has 130 valence electrons. The fourth-order valence-corrected chi connectivity index (χ4v) is 2.26. The molecule has 0 saturated heterocycles. The van der Waals surface area contributed by atoms with Crippen LogP contribution in [0.15, 0.2) is 12.3 Å². The molecule has 0 amide bonds. The van der Waals surface area contributed by atoms with Crippen molar-refractivity contribution in [2.45, 2.75) is 97.3 Å². The number of carbonyl (C=O) groups is 1. The van der Waals surface area contributed by atoms with E-state index in [0.29, 0.717) is 6.61 Å². The van der Waals surface area contributed by atoms with E-state index in [2.05, 4.69) is 13.8 Å². The largest absolute Gasteiger partial charge is 0.513 e. The molecular formula is C19H36O3. The third-order valence-electron chi connectivity index (χ3n) is 3.70. The molecule has 3 heteroatoms. The Labute approximate surface area is 137 Å². The summed E-state index contributed by atoms with van der Waals surface area (Å²) in [6.45, 7) is 4.76. The van der Waals surface area contributed by atoms with E-state index >= 15 is 0 Å².